The van der Waals surface area contributed by atoms with Crippen LogP contribution in [0.4, 0.5) is 0 Å². The predicted molar refractivity (Wildman–Crippen MR) is 57.8 cm³/mol. The Bertz CT molecular complexity index is 452. The van der Waals surface area contributed by atoms with Gasteiger partial charge in [-0.1, -0.05) is 0 Å². The minimum Gasteiger partial charge on any atom is -0.497 e. The van der Waals surface area contributed by atoms with Crippen LogP contribution in [0.3, 0.4) is 0 Å². The summed E-state index contributed by atoms with van der Waals surface area (Å²) in [5.74, 6) is -1.66. The van der Waals surface area contributed by atoms with E-state index in [0.717, 1.165) is 7.11 Å². The largest absolute Gasteiger partial charge is 0.497 e. The van der Waals surface area contributed by atoms with E-state index in [1.54, 1.807) is 0 Å². The van der Waals surface area contributed by atoms with Crippen LogP contribution < -0.4 is 9.47 Å². The zero-order valence-corrected chi connectivity index (χ0v) is 9.64. The smallest absolute Gasteiger partial charge is 0.342 e. The molecule has 0 atom stereocenters. The van der Waals surface area contributed by atoms with E-state index in [0.29, 0.717) is 0 Å². The number of hydrogen-bond acceptors (Lipinski definition) is 5. The molecule has 1 rings (SSSR count). The van der Waals surface area contributed by atoms with E-state index < -0.39 is 11.9 Å². The molecular weight excluding hydrogens is 228 g/mol. The molecule has 0 radical (unpaired) electrons. The molecule has 6 heteroatoms. The van der Waals surface area contributed by atoms with Gasteiger partial charge in [0.25, 0.3) is 0 Å². The fourth-order valence-corrected chi connectivity index (χ4v) is 1.35. The Morgan fingerprint density at radius 3 is 2.18 bits per heavy atom. The van der Waals surface area contributed by atoms with Crippen molar-refractivity contribution < 1.29 is 28.9 Å². The van der Waals surface area contributed by atoms with Gasteiger partial charge >= 0.3 is 11.9 Å². The van der Waals surface area contributed by atoms with E-state index in [-0.39, 0.29) is 22.6 Å². The first-order chi connectivity index (χ1) is 8.04. The number of carboxylic acids is 1. The fourth-order valence-electron chi connectivity index (χ4n) is 1.35. The molecule has 0 aliphatic rings. The summed E-state index contributed by atoms with van der Waals surface area (Å²) in [5, 5.41) is 9.03. The molecule has 92 valence electrons. The van der Waals surface area contributed by atoms with Gasteiger partial charge in [-0.25, -0.2) is 9.59 Å². The number of carbonyl (C=O) groups is 2. The minimum atomic E-state index is -1.26. The molecule has 1 aromatic carbocycles. The molecule has 0 aromatic heterocycles. The standard InChI is InChI=1S/C11H12O6/c1-15-6-4-7(10(12)13)9(11(14)17-3)8(5-6)16-2/h4-5H,1-3H3,(H,12,13). The maximum Gasteiger partial charge on any atom is 0.342 e. The van der Waals surface area contributed by atoms with E-state index in [2.05, 4.69) is 4.74 Å². The van der Waals surface area contributed by atoms with Crippen molar-refractivity contribution in [3.63, 3.8) is 0 Å². The van der Waals surface area contributed by atoms with Gasteiger partial charge in [0, 0.05) is 6.07 Å². The monoisotopic (exact) mass is 240 g/mol. The Morgan fingerprint density at radius 1 is 1.12 bits per heavy atom. The molecule has 0 saturated carbocycles. The van der Waals surface area contributed by atoms with Crippen molar-refractivity contribution in [3.05, 3.63) is 23.3 Å². The highest BCUT2D eigenvalue weighted by atomic mass is 16.5. The first-order valence-electron chi connectivity index (χ1n) is 4.62. The summed E-state index contributed by atoms with van der Waals surface area (Å²) in [6, 6.07) is 2.65. The molecule has 0 saturated heterocycles. The van der Waals surface area contributed by atoms with Gasteiger partial charge in [0.05, 0.1) is 26.9 Å². The van der Waals surface area contributed by atoms with E-state index >= 15 is 0 Å². The van der Waals surface area contributed by atoms with Crippen LogP contribution in [-0.4, -0.2) is 38.4 Å². The lowest BCUT2D eigenvalue weighted by atomic mass is 10.1. The van der Waals surface area contributed by atoms with Crippen LogP contribution in [0.5, 0.6) is 11.5 Å². The van der Waals surface area contributed by atoms with E-state index in [1.807, 2.05) is 0 Å². The molecule has 1 aromatic rings. The number of benzene rings is 1. The average molecular weight is 240 g/mol. The number of methoxy groups -OCH3 is 3. The number of ether oxygens (including phenoxy) is 3. The number of hydrogen-bond donors (Lipinski definition) is 1. The van der Waals surface area contributed by atoms with Crippen LogP contribution in [0.1, 0.15) is 20.7 Å². The van der Waals surface area contributed by atoms with Gasteiger partial charge in [0.2, 0.25) is 0 Å². The number of carboxylic acid groups (broad SMARTS) is 1. The Labute approximate surface area is 97.7 Å². The first kappa shape index (κ1) is 12.8. The summed E-state index contributed by atoms with van der Waals surface area (Å²) < 4.78 is 14.4. The van der Waals surface area contributed by atoms with Gasteiger partial charge in [-0.2, -0.15) is 0 Å². The Kier molecular flexibility index (Phi) is 3.92. The third kappa shape index (κ3) is 2.47. The zero-order valence-electron chi connectivity index (χ0n) is 9.64. The van der Waals surface area contributed by atoms with Crippen molar-refractivity contribution >= 4 is 11.9 Å². The SMILES string of the molecule is COC(=O)c1c(OC)cc(OC)cc1C(=O)O. The Balaban J connectivity index is 3.52. The fraction of sp³-hybridized carbons (Fsp3) is 0.273. The highest BCUT2D eigenvalue weighted by Gasteiger charge is 2.23. The topological polar surface area (TPSA) is 82.1 Å². The normalized spacial score (nSPS) is 9.59. The van der Waals surface area contributed by atoms with Gasteiger partial charge in [-0.05, 0) is 6.07 Å². The third-order valence-corrected chi connectivity index (χ3v) is 2.15. The number of carbonyl (C=O) groups excluding carboxylic acids is 1. The lowest BCUT2D eigenvalue weighted by molar-refractivity contribution is 0.0578. The maximum atomic E-state index is 11.5. The molecular formula is C11H12O6. The molecule has 0 aliphatic heterocycles. The molecule has 0 spiro atoms. The van der Waals surface area contributed by atoms with E-state index in [1.165, 1.54) is 26.4 Å². The van der Waals surface area contributed by atoms with E-state index in [4.69, 9.17) is 14.6 Å². The number of esters is 1. The van der Waals surface area contributed by atoms with E-state index in [9.17, 15) is 9.59 Å². The number of aromatic carboxylic acids is 1. The number of rotatable bonds is 4. The first-order valence-corrected chi connectivity index (χ1v) is 4.62. The van der Waals surface area contributed by atoms with Gasteiger partial charge in [-0.15, -0.1) is 0 Å². The predicted octanol–water partition coefficient (Wildman–Crippen LogP) is 1.19. The molecule has 6 nitrogen and oxygen atoms in total. The molecule has 0 fully saturated rings. The lowest BCUT2D eigenvalue weighted by Crippen LogP contribution is -2.12. The van der Waals surface area contributed by atoms with Gasteiger partial charge in [-0.3, -0.25) is 0 Å². The van der Waals surface area contributed by atoms with Gasteiger partial charge in [0.15, 0.2) is 0 Å². The van der Waals surface area contributed by atoms with Gasteiger partial charge in [0.1, 0.15) is 17.1 Å². The quantitative estimate of drug-likeness (QED) is 0.796. The van der Waals surface area contributed by atoms with Crippen LogP contribution >= 0.6 is 0 Å². The summed E-state index contributed by atoms with van der Waals surface area (Å²) in [5.41, 5.74) is -0.364. The molecule has 17 heavy (non-hydrogen) atoms. The summed E-state index contributed by atoms with van der Waals surface area (Å²) in [4.78, 5) is 22.6. The second kappa shape index (κ2) is 5.20. The van der Waals surface area contributed by atoms with Crippen molar-refractivity contribution in [2.45, 2.75) is 0 Å². The van der Waals surface area contributed by atoms with Crippen LogP contribution in [0, 0.1) is 0 Å². The molecule has 0 amide bonds. The Morgan fingerprint density at radius 2 is 1.76 bits per heavy atom. The highest BCUT2D eigenvalue weighted by Crippen LogP contribution is 2.29. The lowest BCUT2D eigenvalue weighted by Gasteiger charge is -2.11. The summed E-state index contributed by atoms with van der Waals surface area (Å²) >= 11 is 0. The van der Waals surface area contributed by atoms with Crippen molar-refractivity contribution in [1.29, 1.82) is 0 Å². The minimum absolute atomic E-state index is 0.0913. The van der Waals surface area contributed by atoms with Crippen molar-refractivity contribution in [2.24, 2.45) is 0 Å². The van der Waals surface area contributed by atoms with Crippen molar-refractivity contribution in [2.75, 3.05) is 21.3 Å². The van der Waals surface area contributed by atoms with Crippen LogP contribution in [0.15, 0.2) is 12.1 Å². The maximum absolute atomic E-state index is 11.5. The van der Waals surface area contributed by atoms with Crippen LogP contribution in [0.2, 0.25) is 0 Å². The molecule has 0 aliphatic carbocycles. The second-order valence-electron chi connectivity index (χ2n) is 3.05. The molecule has 0 bridgehead atoms. The van der Waals surface area contributed by atoms with Crippen molar-refractivity contribution in [3.8, 4) is 11.5 Å². The van der Waals surface area contributed by atoms with Crippen LogP contribution in [-0.2, 0) is 4.74 Å². The summed E-state index contributed by atoms with van der Waals surface area (Å²) in [6.07, 6.45) is 0. The molecule has 1 N–H and O–H groups in total. The Hall–Kier alpha value is -2.24. The zero-order chi connectivity index (χ0) is 13.0. The molecule has 0 unspecified atom stereocenters. The van der Waals surface area contributed by atoms with Gasteiger partial charge < -0.3 is 19.3 Å². The van der Waals surface area contributed by atoms with Crippen LogP contribution in [0.25, 0.3) is 0 Å². The van der Waals surface area contributed by atoms with Crippen molar-refractivity contribution in [1.82, 2.24) is 0 Å². The summed E-state index contributed by atoms with van der Waals surface area (Å²) in [6.45, 7) is 0. The second-order valence-corrected chi connectivity index (χ2v) is 3.05. The summed E-state index contributed by atoms with van der Waals surface area (Å²) in [7, 11) is 3.88. The third-order valence-electron chi connectivity index (χ3n) is 2.15. The average Bonchev–Trinajstić information content (AvgIpc) is 2.35. The molecule has 0 heterocycles. The highest BCUT2D eigenvalue weighted by molar-refractivity contribution is 6.04.